The highest BCUT2D eigenvalue weighted by molar-refractivity contribution is 8.16. The van der Waals surface area contributed by atoms with E-state index in [1.54, 1.807) is 23.5 Å². The average Bonchev–Trinajstić information content (AvgIpc) is 2.59. The molecule has 1 amide bonds. The molecule has 0 aromatic carbocycles. The molecule has 24 heavy (non-hydrogen) atoms. The van der Waals surface area contributed by atoms with E-state index in [2.05, 4.69) is 10.3 Å². The van der Waals surface area contributed by atoms with Crippen LogP contribution in [0.4, 0.5) is 4.79 Å². The van der Waals surface area contributed by atoms with Crippen molar-refractivity contribution in [2.24, 2.45) is 4.99 Å². The summed E-state index contributed by atoms with van der Waals surface area (Å²) in [5, 5.41) is 13.0. The van der Waals surface area contributed by atoms with Gasteiger partial charge >= 0.3 is 6.09 Å². The van der Waals surface area contributed by atoms with Gasteiger partial charge in [0.15, 0.2) is 0 Å². The smallest absolute Gasteiger partial charge is 0.407 e. The van der Waals surface area contributed by atoms with Crippen LogP contribution in [0.2, 0.25) is 0 Å². The van der Waals surface area contributed by atoms with E-state index in [1.807, 2.05) is 6.26 Å². The van der Waals surface area contributed by atoms with Crippen LogP contribution in [0.3, 0.4) is 0 Å². The number of carbonyl (C=O) groups excluding carboxylic acids is 1. The molecule has 12 heteroatoms. The van der Waals surface area contributed by atoms with Crippen molar-refractivity contribution in [1.29, 1.82) is 0 Å². The zero-order valence-corrected chi connectivity index (χ0v) is 17.6. The van der Waals surface area contributed by atoms with Gasteiger partial charge in [0, 0.05) is 28.2 Å². The molecule has 0 aliphatic carbocycles. The Balaban J connectivity index is 3.14. The van der Waals surface area contributed by atoms with Crippen LogP contribution in [0.15, 0.2) is 4.99 Å². The number of carbonyl (C=O) groups is 1. The fourth-order valence-corrected chi connectivity index (χ4v) is 4.27. The topological polar surface area (TPSA) is 89.4 Å². The van der Waals surface area contributed by atoms with E-state index in [1.165, 1.54) is 41.7 Å². The third-order valence-corrected chi connectivity index (χ3v) is 6.36. The van der Waals surface area contributed by atoms with Crippen LogP contribution < -0.4 is 5.32 Å². The molecule has 0 aromatic rings. The Morgan fingerprint density at radius 2 is 1.96 bits per heavy atom. The quantitative estimate of drug-likeness (QED) is 0.0886. The number of aliphatic hydroxyl groups is 1. The van der Waals surface area contributed by atoms with Gasteiger partial charge in [0.25, 0.3) is 0 Å². The number of amides is 1. The van der Waals surface area contributed by atoms with Gasteiger partial charge in [-0.2, -0.15) is 4.89 Å². The van der Waals surface area contributed by atoms with Crippen molar-refractivity contribution in [1.82, 2.24) is 5.32 Å². The first-order chi connectivity index (χ1) is 11.8. The van der Waals surface area contributed by atoms with Crippen molar-refractivity contribution < 1.29 is 24.4 Å². The zero-order valence-electron chi connectivity index (χ0n) is 13.5. The van der Waals surface area contributed by atoms with E-state index in [0.717, 1.165) is 21.7 Å². The van der Waals surface area contributed by atoms with Crippen LogP contribution in [0, 0.1) is 0 Å². The molecular weight excluding hydrogens is 412 g/mol. The molecule has 0 atom stereocenters. The van der Waals surface area contributed by atoms with Gasteiger partial charge in [0.2, 0.25) is 6.40 Å². The van der Waals surface area contributed by atoms with Crippen LogP contribution in [0.1, 0.15) is 0 Å². The van der Waals surface area contributed by atoms with Crippen molar-refractivity contribution >= 4 is 71.3 Å². The predicted molar refractivity (Wildman–Crippen MR) is 110 cm³/mol. The van der Waals surface area contributed by atoms with E-state index in [0.29, 0.717) is 25.0 Å². The lowest BCUT2D eigenvalue weighted by Gasteiger charge is -2.05. The van der Waals surface area contributed by atoms with E-state index < -0.39 is 0 Å². The maximum absolute atomic E-state index is 11.1. The van der Waals surface area contributed by atoms with Crippen molar-refractivity contribution in [3.8, 4) is 0 Å². The fourth-order valence-electron chi connectivity index (χ4n) is 0.988. The normalized spacial score (nSPS) is 10.9. The summed E-state index contributed by atoms with van der Waals surface area (Å²) in [6, 6.07) is 0. The summed E-state index contributed by atoms with van der Waals surface area (Å²) in [7, 11) is 0. The van der Waals surface area contributed by atoms with Crippen LogP contribution in [0.25, 0.3) is 0 Å². The molecule has 0 heterocycles. The SMILES string of the molecule is CSCOC(=O)NCCSCSCCN=COOCSCSCO. The first-order valence-electron chi connectivity index (χ1n) is 6.89. The summed E-state index contributed by atoms with van der Waals surface area (Å²) >= 11 is 7.93. The molecule has 0 unspecified atom stereocenters. The average molecular weight is 437 g/mol. The Bertz CT molecular complexity index is 316. The molecule has 0 bridgehead atoms. The largest absolute Gasteiger partial charge is 0.439 e. The zero-order chi connectivity index (χ0) is 17.7. The number of aliphatic imine (C=N–C) groups is 1. The molecule has 0 aromatic heterocycles. The number of aliphatic hydroxyl groups excluding tert-OH is 1. The minimum absolute atomic E-state index is 0.118. The summed E-state index contributed by atoms with van der Waals surface area (Å²) < 4.78 is 4.86. The van der Waals surface area contributed by atoms with Gasteiger partial charge in [-0.05, 0) is 6.26 Å². The van der Waals surface area contributed by atoms with Crippen molar-refractivity contribution in [2.75, 3.05) is 58.8 Å². The Morgan fingerprint density at radius 3 is 2.75 bits per heavy atom. The number of nitrogens with one attached hydrogen (secondary N) is 1. The lowest BCUT2D eigenvalue weighted by atomic mass is 10.7. The Labute approximate surface area is 164 Å². The third kappa shape index (κ3) is 20.5. The summed E-state index contributed by atoms with van der Waals surface area (Å²) in [5.74, 6) is 2.66. The maximum Gasteiger partial charge on any atom is 0.407 e. The lowest BCUT2D eigenvalue weighted by molar-refractivity contribution is -0.196. The minimum atomic E-state index is -0.361. The van der Waals surface area contributed by atoms with Gasteiger partial charge in [0.05, 0.1) is 12.5 Å². The number of alkyl carbamates (subject to hydrolysis) is 1. The van der Waals surface area contributed by atoms with E-state index in [-0.39, 0.29) is 12.0 Å². The highest BCUT2D eigenvalue weighted by Gasteiger charge is 1.99. The molecule has 0 rings (SSSR count). The Hall–Kier alpha value is 0.410. The summed E-state index contributed by atoms with van der Waals surface area (Å²) in [6.45, 7) is 1.28. The standard InChI is InChI=1S/C12H24N2O5S5/c1-20-8-17-12(16)14-3-5-22-10-21-4-2-13-6-18-19-9-24-11-23-7-15/h6,15H,2-5,7-11H2,1H3,(H,14,16). The van der Waals surface area contributed by atoms with Crippen LogP contribution in [-0.4, -0.2) is 76.4 Å². The highest BCUT2D eigenvalue weighted by Crippen LogP contribution is 2.11. The molecule has 0 spiro atoms. The Kier molecular flexibility index (Phi) is 21.8. The molecular formula is C12H24N2O5S5. The number of hydrogen-bond acceptors (Lipinski definition) is 11. The third-order valence-electron chi connectivity index (χ3n) is 1.93. The van der Waals surface area contributed by atoms with E-state index in [4.69, 9.17) is 19.6 Å². The first-order valence-corrected chi connectivity index (χ1v) is 12.9. The minimum Gasteiger partial charge on any atom is -0.439 e. The number of nitrogens with zero attached hydrogens (tertiary/aromatic N) is 1. The van der Waals surface area contributed by atoms with Crippen molar-refractivity contribution in [3.63, 3.8) is 0 Å². The molecule has 0 saturated heterocycles. The van der Waals surface area contributed by atoms with E-state index in [9.17, 15) is 4.79 Å². The van der Waals surface area contributed by atoms with Crippen LogP contribution >= 0.6 is 58.8 Å². The summed E-state index contributed by atoms with van der Waals surface area (Å²) in [5.41, 5.74) is 0. The Morgan fingerprint density at radius 1 is 1.17 bits per heavy atom. The predicted octanol–water partition coefficient (Wildman–Crippen LogP) is 2.76. The lowest BCUT2D eigenvalue weighted by Crippen LogP contribution is -2.26. The number of thioether (sulfide) groups is 5. The van der Waals surface area contributed by atoms with Crippen molar-refractivity contribution in [3.05, 3.63) is 0 Å². The molecule has 0 radical (unpaired) electrons. The second kappa shape index (κ2) is 21.5. The maximum atomic E-state index is 11.1. The first kappa shape index (κ1) is 24.4. The summed E-state index contributed by atoms with van der Waals surface area (Å²) in [6.07, 6.45) is 2.82. The molecule has 2 N–H and O–H groups in total. The number of hydrogen-bond donors (Lipinski definition) is 2. The summed E-state index contributed by atoms with van der Waals surface area (Å²) in [4.78, 5) is 24.8. The van der Waals surface area contributed by atoms with Gasteiger partial charge in [-0.25, -0.2) is 4.79 Å². The monoisotopic (exact) mass is 436 g/mol. The van der Waals surface area contributed by atoms with Crippen LogP contribution in [0.5, 0.6) is 0 Å². The fraction of sp³-hybridized carbons (Fsp3) is 0.833. The molecule has 0 aliphatic rings. The number of ether oxygens (including phenoxy) is 1. The van der Waals surface area contributed by atoms with E-state index >= 15 is 0 Å². The van der Waals surface area contributed by atoms with Gasteiger partial charge in [0.1, 0.15) is 11.9 Å². The molecule has 0 aliphatic heterocycles. The second-order valence-corrected chi connectivity index (χ2v) is 9.34. The van der Waals surface area contributed by atoms with Crippen LogP contribution in [-0.2, 0) is 14.5 Å². The number of rotatable bonds is 17. The van der Waals surface area contributed by atoms with Gasteiger partial charge < -0.3 is 20.0 Å². The second-order valence-electron chi connectivity index (χ2n) is 3.70. The highest BCUT2D eigenvalue weighted by atomic mass is 32.2. The van der Waals surface area contributed by atoms with Gasteiger partial charge in [-0.1, -0.05) is 0 Å². The van der Waals surface area contributed by atoms with Crippen molar-refractivity contribution in [2.45, 2.75) is 0 Å². The van der Waals surface area contributed by atoms with Gasteiger partial charge in [-0.15, -0.1) is 58.8 Å². The molecule has 0 fully saturated rings. The molecule has 0 saturated carbocycles. The molecule has 7 nitrogen and oxygen atoms in total. The molecule has 142 valence electrons. The van der Waals surface area contributed by atoms with Gasteiger partial charge in [-0.3, -0.25) is 4.99 Å².